The average molecular weight is 213 g/mol. The third-order valence-electron chi connectivity index (χ3n) is 2.56. The van der Waals surface area contributed by atoms with Crippen LogP contribution in [0.3, 0.4) is 0 Å². The third kappa shape index (κ3) is 3.90. The molecule has 0 bridgehead atoms. The van der Waals surface area contributed by atoms with Crippen molar-refractivity contribution < 1.29 is 14.3 Å². The number of carbonyl (C=O) groups is 2. The molecule has 4 nitrogen and oxygen atoms in total. The van der Waals surface area contributed by atoms with Crippen molar-refractivity contribution in [3.63, 3.8) is 0 Å². The standard InChI is InChI=1S/C11H19NO3/c1-2-3-4-5-6-7-10(13)12-8-9-15-11(12)14/h2-9H2,1H3. The molecule has 1 rings (SSSR count). The quantitative estimate of drug-likeness (QED) is 0.636. The molecule has 0 aromatic rings. The summed E-state index contributed by atoms with van der Waals surface area (Å²) in [6, 6.07) is 0. The molecule has 1 saturated heterocycles. The number of ether oxygens (including phenoxy) is 1. The molecular weight excluding hydrogens is 194 g/mol. The van der Waals surface area contributed by atoms with Crippen LogP contribution in [0.2, 0.25) is 0 Å². The van der Waals surface area contributed by atoms with Crippen molar-refractivity contribution in [2.75, 3.05) is 13.2 Å². The zero-order valence-electron chi connectivity index (χ0n) is 9.33. The van der Waals surface area contributed by atoms with E-state index in [-0.39, 0.29) is 5.91 Å². The van der Waals surface area contributed by atoms with Gasteiger partial charge in [0, 0.05) is 6.42 Å². The van der Waals surface area contributed by atoms with Gasteiger partial charge in [0.05, 0.1) is 6.54 Å². The summed E-state index contributed by atoms with van der Waals surface area (Å²) in [5.74, 6) is -0.0889. The molecular formula is C11H19NO3. The van der Waals surface area contributed by atoms with E-state index in [9.17, 15) is 9.59 Å². The molecule has 15 heavy (non-hydrogen) atoms. The summed E-state index contributed by atoms with van der Waals surface area (Å²) < 4.78 is 4.70. The van der Waals surface area contributed by atoms with Crippen molar-refractivity contribution in [2.24, 2.45) is 0 Å². The second kappa shape index (κ2) is 6.43. The Morgan fingerprint density at radius 2 is 2.07 bits per heavy atom. The summed E-state index contributed by atoms with van der Waals surface area (Å²) in [5.41, 5.74) is 0. The topological polar surface area (TPSA) is 46.6 Å². The summed E-state index contributed by atoms with van der Waals surface area (Å²) in [6.45, 7) is 2.93. The average Bonchev–Trinajstić information content (AvgIpc) is 2.64. The van der Waals surface area contributed by atoms with E-state index in [2.05, 4.69) is 6.92 Å². The number of rotatable bonds is 6. The van der Waals surface area contributed by atoms with Gasteiger partial charge in [0.15, 0.2) is 0 Å². The lowest BCUT2D eigenvalue weighted by Crippen LogP contribution is -2.31. The number of unbranched alkanes of at least 4 members (excludes halogenated alkanes) is 4. The second-order valence-electron chi connectivity index (χ2n) is 3.82. The largest absolute Gasteiger partial charge is 0.447 e. The molecule has 0 aromatic carbocycles. The first-order chi connectivity index (χ1) is 7.25. The zero-order valence-corrected chi connectivity index (χ0v) is 9.33. The zero-order chi connectivity index (χ0) is 11.1. The Bertz CT molecular complexity index is 228. The number of nitrogens with zero attached hydrogens (tertiary/aromatic N) is 1. The van der Waals surface area contributed by atoms with Crippen molar-refractivity contribution in [3.8, 4) is 0 Å². The molecule has 1 fully saturated rings. The maximum Gasteiger partial charge on any atom is 0.416 e. The van der Waals surface area contributed by atoms with E-state index in [0.29, 0.717) is 19.6 Å². The molecule has 1 heterocycles. The van der Waals surface area contributed by atoms with Gasteiger partial charge in [-0.15, -0.1) is 0 Å². The molecule has 0 atom stereocenters. The molecule has 0 unspecified atom stereocenters. The van der Waals surface area contributed by atoms with E-state index in [1.54, 1.807) is 0 Å². The Hall–Kier alpha value is -1.06. The van der Waals surface area contributed by atoms with E-state index < -0.39 is 6.09 Å². The maximum absolute atomic E-state index is 11.5. The lowest BCUT2D eigenvalue weighted by atomic mass is 10.1. The summed E-state index contributed by atoms with van der Waals surface area (Å²) in [4.78, 5) is 23.8. The van der Waals surface area contributed by atoms with Crippen LogP contribution in [0.15, 0.2) is 0 Å². The third-order valence-corrected chi connectivity index (χ3v) is 2.56. The predicted molar refractivity (Wildman–Crippen MR) is 56.4 cm³/mol. The van der Waals surface area contributed by atoms with Gasteiger partial charge in [0.25, 0.3) is 0 Å². The monoisotopic (exact) mass is 213 g/mol. The summed E-state index contributed by atoms with van der Waals surface area (Å²) >= 11 is 0. The summed E-state index contributed by atoms with van der Waals surface area (Å²) in [7, 11) is 0. The molecule has 1 aliphatic heterocycles. The van der Waals surface area contributed by atoms with Crippen LogP contribution in [0.5, 0.6) is 0 Å². The van der Waals surface area contributed by atoms with Gasteiger partial charge in [-0.25, -0.2) is 9.69 Å². The normalized spacial score (nSPS) is 15.5. The Balaban J connectivity index is 2.10. The molecule has 2 amide bonds. The van der Waals surface area contributed by atoms with Crippen LogP contribution in [-0.2, 0) is 9.53 Å². The minimum absolute atomic E-state index is 0.0889. The molecule has 0 N–H and O–H groups in total. The maximum atomic E-state index is 11.5. The predicted octanol–water partition coefficient (Wildman–Crippen LogP) is 2.33. The van der Waals surface area contributed by atoms with Crippen LogP contribution in [0.25, 0.3) is 0 Å². The van der Waals surface area contributed by atoms with E-state index >= 15 is 0 Å². The van der Waals surface area contributed by atoms with Gasteiger partial charge in [-0.1, -0.05) is 32.6 Å². The van der Waals surface area contributed by atoms with Gasteiger partial charge in [-0.05, 0) is 6.42 Å². The molecule has 4 heteroatoms. The van der Waals surface area contributed by atoms with Crippen molar-refractivity contribution >= 4 is 12.0 Å². The first kappa shape index (κ1) is 12.0. The van der Waals surface area contributed by atoms with Crippen LogP contribution >= 0.6 is 0 Å². The van der Waals surface area contributed by atoms with E-state index in [4.69, 9.17) is 4.74 Å². The number of hydrogen-bond acceptors (Lipinski definition) is 3. The highest BCUT2D eigenvalue weighted by Gasteiger charge is 2.27. The van der Waals surface area contributed by atoms with E-state index in [1.807, 2.05) is 0 Å². The molecule has 0 aromatic heterocycles. The highest BCUT2D eigenvalue weighted by molar-refractivity contribution is 5.92. The minimum atomic E-state index is -0.478. The van der Waals surface area contributed by atoms with E-state index in [1.165, 1.54) is 24.2 Å². The first-order valence-electron chi connectivity index (χ1n) is 5.73. The number of cyclic esters (lactones) is 1. The van der Waals surface area contributed by atoms with Gasteiger partial charge in [0.2, 0.25) is 5.91 Å². The Kier molecular flexibility index (Phi) is 5.15. The van der Waals surface area contributed by atoms with Crippen LogP contribution in [0, 0.1) is 0 Å². The highest BCUT2D eigenvalue weighted by Crippen LogP contribution is 2.10. The van der Waals surface area contributed by atoms with Crippen molar-refractivity contribution in [3.05, 3.63) is 0 Å². The van der Waals surface area contributed by atoms with Crippen molar-refractivity contribution in [1.82, 2.24) is 4.90 Å². The van der Waals surface area contributed by atoms with Gasteiger partial charge in [-0.2, -0.15) is 0 Å². The Morgan fingerprint density at radius 1 is 1.33 bits per heavy atom. The van der Waals surface area contributed by atoms with Crippen LogP contribution in [0.4, 0.5) is 4.79 Å². The second-order valence-corrected chi connectivity index (χ2v) is 3.82. The van der Waals surface area contributed by atoms with Crippen LogP contribution < -0.4 is 0 Å². The fourth-order valence-corrected chi connectivity index (χ4v) is 1.63. The fraction of sp³-hybridized carbons (Fsp3) is 0.818. The van der Waals surface area contributed by atoms with E-state index in [0.717, 1.165) is 12.8 Å². The molecule has 0 radical (unpaired) electrons. The van der Waals surface area contributed by atoms with Crippen LogP contribution in [0.1, 0.15) is 45.4 Å². The Labute approximate surface area is 90.6 Å². The lowest BCUT2D eigenvalue weighted by Gasteiger charge is -2.09. The van der Waals surface area contributed by atoms with Gasteiger partial charge >= 0.3 is 6.09 Å². The first-order valence-corrected chi connectivity index (χ1v) is 5.73. The Morgan fingerprint density at radius 3 is 2.67 bits per heavy atom. The molecule has 0 spiro atoms. The lowest BCUT2D eigenvalue weighted by molar-refractivity contribution is -0.127. The van der Waals surface area contributed by atoms with Crippen molar-refractivity contribution in [2.45, 2.75) is 45.4 Å². The molecule has 0 saturated carbocycles. The highest BCUT2D eigenvalue weighted by atomic mass is 16.6. The number of amides is 2. The summed E-state index contributed by atoms with van der Waals surface area (Å²) in [6.07, 6.45) is 5.54. The fourth-order valence-electron chi connectivity index (χ4n) is 1.63. The molecule has 86 valence electrons. The van der Waals surface area contributed by atoms with Gasteiger partial charge < -0.3 is 4.74 Å². The summed E-state index contributed by atoms with van der Waals surface area (Å²) in [5, 5.41) is 0. The smallest absolute Gasteiger partial charge is 0.416 e. The SMILES string of the molecule is CCCCCCCC(=O)N1CCOC1=O. The number of hydrogen-bond donors (Lipinski definition) is 0. The van der Waals surface area contributed by atoms with Gasteiger partial charge in [0.1, 0.15) is 6.61 Å². The van der Waals surface area contributed by atoms with Crippen LogP contribution in [-0.4, -0.2) is 30.1 Å². The molecule has 1 aliphatic rings. The number of imide groups is 1. The van der Waals surface area contributed by atoms with Crippen molar-refractivity contribution in [1.29, 1.82) is 0 Å². The minimum Gasteiger partial charge on any atom is -0.447 e. The van der Waals surface area contributed by atoms with Gasteiger partial charge in [-0.3, -0.25) is 4.79 Å². The number of carbonyl (C=O) groups excluding carboxylic acids is 2. The molecule has 0 aliphatic carbocycles.